The van der Waals surface area contributed by atoms with Gasteiger partial charge in [0.1, 0.15) is 4.90 Å². The largest absolute Gasteiger partial charge is 0.399 e. The first-order chi connectivity index (χ1) is 9.70. The van der Waals surface area contributed by atoms with E-state index in [4.69, 9.17) is 17.3 Å². The van der Waals surface area contributed by atoms with Gasteiger partial charge in [0.25, 0.3) is 0 Å². The lowest BCUT2D eigenvalue weighted by Gasteiger charge is -2.23. The molecule has 0 saturated heterocycles. The van der Waals surface area contributed by atoms with Gasteiger partial charge >= 0.3 is 0 Å². The van der Waals surface area contributed by atoms with Crippen LogP contribution in [0.25, 0.3) is 0 Å². The maximum absolute atomic E-state index is 12.6. The molecule has 6 nitrogen and oxygen atoms in total. The number of nitrogens with two attached hydrogens (primary N) is 1. The van der Waals surface area contributed by atoms with Gasteiger partial charge in [0.15, 0.2) is 0 Å². The van der Waals surface area contributed by atoms with Gasteiger partial charge in [0.05, 0.1) is 11.6 Å². The van der Waals surface area contributed by atoms with Gasteiger partial charge in [-0.15, -0.1) is 0 Å². The van der Waals surface area contributed by atoms with Gasteiger partial charge in [0, 0.05) is 26.3 Å². The minimum atomic E-state index is -3.84. The van der Waals surface area contributed by atoms with E-state index in [2.05, 4.69) is 0 Å². The number of nitrogen functional groups attached to an aromatic ring is 1. The summed E-state index contributed by atoms with van der Waals surface area (Å²) in [5.74, 6) is -0.293. The standard InChI is InChI=1S/C13H20ClN3O3S/c1-4-7-17(9-13(18)16(2)3)21(19,20)12-6-5-10(15)8-11(12)14/h5-6,8H,4,7,9,15H2,1-3H3. The van der Waals surface area contributed by atoms with Crippen LogP contribution in [0.4, 0.5) is 5.69 Å². The number of carbonyl (C=O) groups excluding carboxylic acids is 1. The van der Waals surface area contributed by atoms with Gasteiger partial charge in [-0.25, -0.2) is 8.42 Å². The molecule has 1 amide bonds. The van der Waals surface area contributed by atoms with Crippen LogP contribution in [-0.4, -0.2) is 50.7 Å². The molecule has 0 aliphatic rings. The van der Waals surface area contributed by atoms with Crippen LogP contribution in [0.3, 0.4) is 0 Å². The third-order valence-corrected chi connectivity index (χ3v) is 5.19. The van der Waals surface area contributed by atoms with E-state index < -0.39 is 10.0 Å². The fraction of sp³-hybridized carbons (Fsp3) is 0.462. The summed E-state index contributed by atoms with van der Waals surface area (Å²) in [5, 5.41) is 0.0494. The molecule has 0 spiro atoms. The van der Waals surface area contributed by atoms with Crippen molar-refractivity contribution in [3.8, 4) is 0 Å². The fourth-order valence-corrected chi connectivity index (χ4v) is 3.70. The van der Waals surface area contributed by atoms with Crippen LogP contribution in [0.5, 0.6) is 0 Å². The molecule has 0 saturated carbocycles. The summed E-state index contributed by atoms with van der Waals surface area (Å²) in [7, 11) is -0.684. The Balaban J connectivity index is 3.18. The fourth-order valence-electron chi connectivity index (χ4n) is 1.69. The topological polar surface area (TPSA) is 83.7 Å². The summed E-state index contributed by atoms with van der Waals surface area (Å²) in [6, 6.07) is 4.21. The molecule has 0 aromatic heterocycles. The third-order valence-electron chi connectivity index (χ3n) is 2.86. The van der Waals surface area contributed by atoms with E-state index in [-0.39, 0.29) is 28.9 Å². The average Bonchev–Trinajstić information content (AvgIpc) is 2.37. The molecule has 0 atom stereocenters. The molecule has 8 heteroatoms. The van der Waals surface area contributed by atoms with Gasteiger partial charge in [-0.2, -0.15) is 4.31 Å². The minimum Gasteiger partial charge on any atom is -0.399 e. The number of anilines is 1. The van der Waals surface area contributed by atoms with E-state index in [0.29, 0.717) is 12.1 Å². The lowest BCUT2D eigenvalue weighted by atomic mass is 10.3. The zero-order valence-corrected chi connectivity index (χ0v) is 13.9. The second kappa shape index (κ2) is 7.11. The monoisotopic (exact) mass is 333 g/mol. The summed E-state index contributed by atoms with van der Waals surface area (Å²) in [6.07, 6.45) is 0.590. The normalized spacial score (nSPS) is 11.7. The number of sulfonamides is 1. The van der Waals surface area contributed by atoms with Crippen molar-refractivity contribution in [2.24, 2.45) is 0 Å². The highest BCUT2D eigenvalue weighted by Gasteiger charge is 2.28. The van der Waals surface area contributed by atoms with Gasteiger partial charge < -0.3 is 10.6 Å². The van der Waals surface area contributed by atoms with Crippen LogP contribution in [0.2, 0.25) is 5.02 Å². The van der Waals surface area contributed by atoms with Crippen LogP contribution in [0.15, 0.2) is 23.1 Å². The molecule has 2 N–H and O–H groups in total. The molecule has 0 unspecified atom stereocenters. The van der Waals surface area contributed by atoms with Crippen molar-refractivity contribution >= 4 is 33.2 Å². The number of amides is 1. The van der Waals surface area contributed by atoms with E-state index in [9.17, 15) is 13.2 Å². The summed E-state index contributed by atoms with van der Waals surface area (Å²) in [6.45, 7) is 1.86. The Labute approximate surface area is 130 Å². The van der Waals surface area contributed by atoms with Crippen LogP contribution >= 0.6 is 11.6 Å². The predicted molar refractivity (Wildman–Crippen MR) is 83.6 cm³/mol. The zero-order valence-electron chi connectivity index (χ0n) is 12.3. The smallest absolute Gasteiger partial charge is 0.245 e. The van der Waals surface area contributed by atoms with Crippen molar-refractivity contribution < 1.29 is 13.2 Å². The quantitative estimate of drug-likeness (QED) is 0.798. The Kier molecular flexibility index (Phi) is 6.00. The molecule has 0 aliphatic heterocycles. The summed E-state index contributed by atoms with van der Waals surface area (Å²) >= 11 is 5.98. The van der Waals surface area contributed by atoms with E-state index in [0.717, 1.165) is 4.31 Å². The predicted octanol–water partition coefficient (Wildman–Crippen LogP) is 1.41. The van der Waals surface area contributed by atoms with E-state index in [1.165, 1.54) is 23.1 Å². The number of rotatable bonds is 6. The van der Waals surface area contributed by atoms with Crippen molar-refractivity contribution in [3.05, 3.63) is 23.2 Å². The Morgan fingerprint density at radius 2 is 1.95 bits per heavy atom. The Morgan fingerprint density at radius 3 is 2.43 bits per heavy atom. The SMILES string of the molecule is CCCN(CC(=O)N(C)C)S(=O)(=O)c1ccc(N)cc1Cl. The van der Waals surface area contributed by atoms with Gasteiger partial charge in [-0.05, 0) is 24.6 Å². The lowest BCUT2D eigenvalue weighted by Crippen LogP contribution is -2.40. The van der Waals surface area contributed by atoms with Crippen LogP contribution in [0.1, 0.15) is 13.3 Å². The van der Waals surface area contributed by atoms with Crippen molar-refractivity contribution in [2.75, 3.05) is 32.9 Å². The van der Waals surface area contributed by atoms with Crippen LogP contribution in [-0.2, 0) is 14.8 Å². The third kappa shape index (κ3) is 4.33. The first-order valence-corrected chi connectivity index (χ1v) is 8.27. The lowest BCUT2D eigenvalue weighted by molar-refractivity contribution is -0.128. The highest BCUT2D eigenvalue weighted by Crippen LogP contribution is 2.26. The number of carbonyl (C=O) groups is 1. The second-order valence-electron chi connectivity index (χ2n) is 4.82. The molecule has 1 rings (SSSR count). The number of nitrogens with zero attached hydrogens (tertiary/aromatic N) is 2. The number of likely N-dealkylation sites (N-methyl/N-ethyl adjacent to an activating group) is 1. The average molecular weight is 334 g/mol. The highest BCUT2D eigenvalue weighted by atomic mass is 35.5. The molecule has 1 aromatic carbocycles. The maximum atomic E-state index is 12.6. The first-order valence-electron chi connectivity index (χ1n) is 6.45. The Morgan fingerprint density at radius 1 is 1.33 bits per heavy atom. The van der Waals surface area contributed by atoms with Crippen molar-refractivity contribution in [1.82, 2.24) is 9.21 Å². The van der Waals surface area contributed by atoms with E-state index >= 15 is 0 Å². The van der Waals surface area contributed by atoms with Gasteiger partial charge in [-0.1, -0.05) is 18.5 Å². The molecule has 0 bridgehead atoms. The number of hydrogen-bond donors (Lipinski definition) is 1. The Hall–Kier alpha value is -1.31. The molecule has 0 radical (unpaired) electrons. The molecule has 118 valence electrons. The van der Waals surface area contributed by atoms with Gasteiger partial charge in [-0.3, -0.25) is 4.79 Å². The number of benzene rings is 1. The summed E-state index contributed by atoms with van der Waals surface area (Å²) in [4.78, 5) is 13.1. The highest BCUT2D eigenvalue weighted by molar-refractivity contribution is 7.89. The summed E-state index contributed by atoms with van der Waals surface area (Å²) < 4.78 is 26.4. The number of halogens is 1. The van der Waals surface area contributed by atoms with E-state index in [1.54, 1.807) is 14.1 Å². The molecule has 0 aliphatic carbocycles. The van der Waals surface area contributed by atoms with E-state index in [1.807, 2.05) is 6.92 Å². The summed E-state index contributed by atoms with van der Waals surface area (Å²) in [5.41, 5.74) is 5.95. The molecular formula is C13H20ClN3O3S. The zero-order chi connectivity index (χ0) is 16.2. The molecule has 0 fully saturated rings. The Bertz CT molecular complexity index is 617. The molecule has 1 aromatic rings. The second-order valence-corrected chi connectivity index (χ2v) is 7.13. The molecule has 0 heterocycles. The molecule has 21 heavy (non-hydrogen) atoms. The van der Waals surface area contributed by atoms with Crippen molar-refractivity contribution in [2.45, 2.75) is 18.2 Å². The minimum absolute atomic E-state index is 0.0432. The van der Waals surface area contributed by atoms with Crippen molar-refractivity contribution in [3.63, 3.8) is 0 Å². The number of hydrogen-bond acceptors (Lipinski definition) is 4. The van der Waals surface area contributed by atoms with Crippen molar-refractivity contribution in [1.29, 1.82) is 0 Å². The maximum Gasteiger partial charge on any atom is 0.245 e. The van der Waals surface area contributed by atoms with Gasteiger partial charge in [0.2, 0.25) is 15.9 Å². The van der Waals surface area contributed by atoms with Crippen LogP contribution in [0, 0.1) is 0 Å². The molecular weight excluding hydrogens is 314 g/mol. The first kappa shape index (κ1) is 17.7. The van der Waals surface area contributed by atoms with Crippen LogP contribution < -0.4 is 5.73 Å².